The molecule has 0 bridgehead atoms. The molecule has 0 heterocycles. The third-order valence-corrected chi connectivity index (χ3v) is 8.21. The Morgan fingerprint density at radius 3 is 2.14 bits per heavy atom. The highest BCUT2D eigenvalue weighted by Crippen LogP contribution is 2.55. The molecule has 36 heavy (non-hydrogen) atoms. The molecule has 0 aliphatic carbocycles. The van der Waals surface area contributed by atoms with Gasteiger partial charge in [-0.3, -0.25) is 9.36 Å². The topological polar surface area (TPSA) is 102 Å². The van der Waals surface area contributed by atoms with Crippen LogP contribution in [0.4, 0.5) is 4.79 Å². The van der Waals surface area contributed by atoms with E-state index in [1.54, 1.807) is 37.3 Å². The molecule has 0 saturated carbocycles. The molecule has 1 amide bonds. The minimum absolute atomic E-state index is 0.0128. The Bertz CT molecular complexity index is 1170. The number of hydrogen-bond acceptors (Lipinski definition) is 5. The van der Waals surface area contributed by atoms with Crippen molar-refractivity contribution < 1.29 is 28.5 Å². The molecule has 0 fully saturated rings. The number of amides is 1. The van der Waals surface area contributed by atoms with Crippen LogP contribution in [-0.2, 0) is 31.9 Å². The summed E-state index contributed by atoms with van der Waals surface area (Å²) in [6, 6.07) is 25.0. The zero-order valence-electron chi connectivity index (χ0n) is 19.9. The quantitative estimate of drug-likeness (QED) is 0.213. The first-order valence-electron chi connectivity index (χ1n) is 11.5. The highest BCUT2D eigenvalue weighted by Gasteiger charge is 2.39. The lowest BCUT2D eigenvalue weighted by Gasteiger charge is -2.27. The fraction of sp³-hybridized carbons (Fsp3) is 0.259. The van der Waals surface area contributed by atoms with Crippen molar-refractivity contribution in [1.82, 2.24) is 5.32 Å². The van der Waals surface area contributed by atoms with Gasteiger partial charge in [0.25, 0.3) is 0 Å². The molecule has 0 spiro atoms. The maximum atomic E-state index is 13.8. The molecule has 0 radical (unpaired) electrons. The van der Waals surface area contributed by atoms with Crippen molar-refractivity contribution in [2.75, 3.05) is 12.8 Å². The summed E-state index contributed by atoms with van der Waals surface area (Å²) >= 11 is 3.38. The second kappa shape index (κ2) is 13.4. The number of halogens is 1. The van der Waals surface area contributed by atoms with Crippen LogP contribution < -0.4 is 5.32 Å². The van der Waals surface area contributed by atoms with Crippen LogP contribution in [0.3, 0.4) is 0 Å². The molecule has 0 aliphatic rings. The summed E-state index contributed by atoms with van der Waals surface area (Å²) in [6.07, 6.45) is -0.987. The Balaban J connectivity index is 1.81. The van der Waals surface area contributed by atoms with E-state index >= 15 is 0 Å². The maximum Gasteiger partial charge on any atom is 0.408 e. The predicted octanol–water partition coefficient (Wildman–Crippen LogP) is 6.07. The molecule has 3 rings (SSSR count). The van der Waals surface area contributed by atoms with Gasteiger partial charge in [-0.2, -0.15) is 0 Å². The number of carbonyl (C=O) groups excluding carboxylic acids is 2. The van der Waals surface area contributed by atoms with Gasteiger partial charge in [-0.05, 0) is 42.2 Å². The lowest BCUT2D eigenvalue weighted by Crippen LogP contribution is -2.32. The Kier molecular flexibility index (Phi) is 10.3. The molecule has 7 nitrogen and oxygen atoms in total. The third-order valence-electron chi connectivity index (χ3n) is 5.48. The van der Waals surface area contributed by atoms with Crippen LogP contribution in [-0.4, -0.2) is 29.7 Å². The van der Waals surface area contributed by atoms with E-state index in [0.29, 0.717) is 5.56 Å². The van der Waals surface area contributed by atoms with Crippen LogP contribution in [0.2, 0.25) is 0 Å². The second-order valence-electron chi connectivity index (χ2n) is 8.24. The van der Waals surface area contributed by atoms with Crippen molar-refractivity contribution in [1.29, 1.82) is 0 Å². The molecule has 0 aromatic heterocycles. The lowest BCUT2D eigenvalue weighted by molar-refractivity contribution is -0.147. The zero-order valence-corrected chi connectivity index (χ0v) is 22.4. The average molecular weight is 574 g/mol. The minimum Gasteiger partial charge on any atom is -0.466 e. The van der Waals surface area contributed by atoms with Gasteiger partial charge in [0.2, 0.25) is 7.37 Å². The number of rotatable bonds is 11. The summed E-state index contributed by atoms with van der Waals surface area (Å²) in [7, 11) is -4.18. The van der Waals surface area contributed by atoms with Gasteiger partial charge in [-0.1, -0.05) is 88.7 Å². The first-order valence-corrected chi connectivity index (χ1v) is 14.2. The number of benzene rings is 3. The van der Waals surface area contributed by atoms with E-state index in [0.717, 1.165) is 15.6 Å². The molecule has 0 aliphatic heterocycles. The van der Waals surface area contributed by atoms with E-state index in [-0.39, 0.29) is 25.8 Å². The molecular formula is C27H29BrNO6P. The minimum atomic E-state index is -4.18. The smallest absolute Gasteiger partial charge is 0.408 e. The Morgan fingerprint density at radius 2 is 1.53 bits per heavy atom. The van der Waals surface area contributed by atoms with E-state index in [4.69, 9.17) is 9.47 Å². The Hall–Kier alpha value is -2.93. The number of hydrogen-bond donors (Lipinski definition) is 2. The van der Waals surface area contributed by atoms with Gasteiger partial charge in [-0.15, -0.1) is 0 Å². The van der Waals surface area contributed by atoms with E-state index in [9.17, 15) is 19.0 Å². The zero-order chi connectivity index (χ0) is 26.0. The van der Waals surface area contributed by atoms with Crippen molar-refractivity contribution in [2.24, 2.45) is 5.92 Å². The van der Waals surface area contributed by atoms with Gasteiger partial charge in [0.1, 0.15) is 12.4 Å². The van der Waals surface area contributed by atoms with Gasteiger partial charge in [0, 0.05) is 10.6 Å². The third kappa shape index (κ3) is 8.33. The first-order chi connectivity index (χ1) is 17.3. The molecular weight excluding hydrogens is 545 g/mol. The van der Waals surface area contributed by atoms with Crippen LogP contribution in [0.1, 0.15) is 29.4 Å². The summed E-state index contributed by atoms with van der Waals surface area (Å²) < 4.78 is 25.1. The highest BCUT2D eigenvalue weighted by atomic mass is 79.9. The van der Waals surface area contributed by atoms with Gasteiger partial charge < -0.3 is 19.7 Å². The molecule has 2 N–H and O–H groups in total. The molecule has 3 atom stereocenters. The molecule has 3 aromatic carbocycles. The van der Waals surface area contributed by atoms with E-state index < -0.39 is 31.1 Å². The Morgan fingerprint density at radius 1 is 0.917 bits per heavy atom. The van der Waals surface area contributed by atoms with Gasteiger partial charge in [0.05, 0.1) is 12.5 Å². The Labute approximate surface area is 219 Å². The van der Waals surface area contributed by atoms with E-state index in [1.807, 2.05) is 54.6 Å². The van der Waals surface area contributed by atoms with Crippen molar-refractivity contribution in [3.05, 3.63) is 106 Å². The highest BCUT2D eigenvalue weighted by molar-refractivity contribution is 9.10. The number of esters is 1. The summed E-state index contributed by atoms with van der Waals surface area (Å²) in [4.78, 5) is 36.6. The largest absolute Gasteiger partial charge is 0.466 e. The normalized spacial score (nSPS) is 14.2. The summed E-state index contributed by atoms with van der Waals surface area (Å²) in [5, 5.41) is 2.56. The van der Waals surface area contributed by atoms with Crippen molar-refractivity contribution in [2.45, 2.75) is 25.7 Å². The first kappa shape index (κ1) is 27.7. The van der Waals surface area contributed by atoms with E-state index in [1.165, 1.54) is 0 Å². The predicted molar refractivity (Wildman–Crippen MR) is 142 cm³/mol. The van der Waals surface area contributed by atoms with Crippen LogP contribution in [0.25, 0.3) is 0 Å². The maximum absolute atomic E-state index is 13.8. The van der Waals surface area contributed by atoms with Crippen molar-refractivity contribution in [3.8, 4) is 0 Å². The number of carbonyl (C=O) groups is 2. The van der Waals surface area contributed by atoms with Crippen molar-refractivity contribution in [3.63, 3.8) is 0 Å². The lowest BCUT2D eigenvalue weighted by atomic mass is 10.0. The number of nitrogens with one attached hydrogen (secondary N) is 1. The van der Waals surface area contributed by atoms with Gasteiger partial charge in [0.15, 0.2) is 0 Å². The SMILES string of the molecule is CCOC(=O)C(Cc1ccc(Br)cc1)CP(=O)(O)[C@@H](NC(=O)OCc1ccccc1)c1ccccc1. The average Bonchev–Trinajstić information content (AvgIpc) is 2.88. The molecule has 2 unspecified atom stereocenters. The summed E-state index contributed by atoms with van der Waals surface area (Å²) in [5.41, 5.74) is 2.04. The summed E-state index contributed by atoms with van der Waals surface area (Å²) in [5.74, 6) is -2.70. The number of ether oxygens (including phenoxy) is 2. The van der Waals surface area contributed by atoms with Crippen LogP contribution in [0.15, 0.2) is 89.4 Å². The standard InChI is InChI=1S/C27H29BrNO6P/c1-2-34-26(30)23(17-20-13-15-24(28)16-14-20)19-36(32,33)25(22-11-7-4-8-12-22)29-27(31)35-18-21-9-5-3-6-10-21/h3-16,23,25H,2,17-19H2,1H3,(H,29,31)(H,32,33)/t23?,25-/m1/s1. The summed E-state index contributed by atoms with van der Waals surface area (Å²) in [6.45, 7) is 1.85. The van der Waals surface area contributed by atoms with Crippen molar-refractivity contribution >= 4 is 35.4 Å². The number of alkyl carbamates (subject to hydrolysis) is 1. The van der Waals surface area contributed by atoms with Crippen LogP contribution in [0.5, 0.6) is 0 Å². The monoisotopic (exact) mass is 573 g/mol. The van der Waals surface area contributed by atoms with Crippen LogP contribution in [0, 0.1) is 5.92 Å². The van der Waals surface area contributed by atoms with Gasteiger partial charge in [-0.25, -0.2) is 4.79 Å². The van der Waals surface area contributed by atoms with E-state index in [2.05, 4.69) is 21.2 Å². The molecule has 190 valence electrons. The van der Waals surface area contributed by atoms with Crippen LogP contribution >= 0.6 is 23.3 Å². The second-order valence-corrected chi connectivity index (χ2v) is 11.5. The van der Waals surface area contributed by atoms with Gasteiger partial charge >= 0.3 is 12.1 Å². The molecule has 0 saturated heterocycles. The fourth-order valence-electron chi connectivity index (χ4n) is 3.74. The fourth-order valence-corrected chi connectivity index (χ4v) is 6.07. The molecule has 3 aromatic rings. The molecule has 9 heteroatoms.